The van der Waals surface area contributed by atoms with Gasteiger partial charge in [0.05, 0.1) is 11.8 Å². The fourth-order valence-corrected chi connectivity index (χ4v) is 3.76. The number of amides is 3. The maximum atomic E-state index is 12.4. The van der Waals surface area contributed by atoms with Crippen molar-refractivity contribution in [3.63, 3.8) is 0 Å². The molecule has 2 atom stereocenters. The number of likely N-dealkylation sites (N-methyl/N-ethyl adjacent to an activating group) is 1. The summed E-state index contributed by atoms with van der Waals surface area (Å²) < 4.78 is 0. The number of imide groups is 1. The predicted octanol–water partition coefficient (Wildman–Crippen LogP) is 1.41. The summed E-state index contributed by atoms with van der Waals surface area (Å²) in [5.74, 6) is -0.990. The number of carbonyl (C=O) groups excluding carboxylic acids is 3. The van der Waals surface area contributed by atoms with E-state index in [9.17, 15) is 14.4 Å². The van der Waals surface area contributed by atoms with Crippen LogP contribution in [-0.2, 0) is 14.4 Å². The van der Waals surface area contributed by atoms with Crippen molar-refractivity contribution in [2.45, 2.75) is 25.7 Å². The molecule has 134 valence electrons. The largest absolute Gasteiger partial charge is 0.373 e. The maximum Gasteiger partial charge on any atom is 0.240 e. The molecule has 3 amide bonds. The lowest BCUT2D eigenvalue weighted by molar-refractivity contribution is -0.143. The van der Waals surface area contributed by atoms with Gasteiger partial charge in [0.2, 0.25) is 17.7 Å². The number of carbonyl (C=O) groups is 3. The highest BCUT2D eigenvalue weighted by molar-refractivity contribution is 6.07. The third-order valence-corrected chi connectivity index (χ3v) is 5.20. The number of likely N-dealkylation sites (tertiary alicyclic amines) is 1. The summed E-state index contributed by atoms with van der Waals surface area (Å²) in [7, 11) is 1.96. The summed E-state index contributed by atoms with van der Waals surface area (Å²) in [6.45, 7) is 0.968. The Hall–Kier alpha value is -2.37. The van der Waals surface area contributed by atoms with Crippen LogP contribution in [0.15, 0.2) is 30.3 Å². The molecule has 0 aromatic heterocycles. The molecule has 3 rings (SSSR count). The molecule has 25 heavy (non-hydrogen) atoms. The van der Waals surface area contributed by atoms with Crippen molar-refractivity contribution in [2.24, 2.45) is 11.8 Å². The highest BCUT2D eigenvalue weighted by Gasteiger charge is 2.48. The van der Waals surface area contributed by atoms with Gasteiger partial charge in [0.1, 0.15) is 6.54 Å². The number of hydrogen-bond donors (Lipinski definition) is 1. The Bertz CT molecular complexity index is 623. The van der Waals surface area contributed by atoms with Crippen LogP contribution in [0.2, 0.25) is 0 Å². The minimum absolute atomic E-state index is 0.153. The van der Waals surface area contributed by atoms with E-state index in [2.05, 4.69) is 5.32 Å². The number of nitrogens with one attached hydrogen (secondary N) is 1. The van der Waals surface area contributed by atoms with Gasteiger partial charge in [-0.1, -0.05) is 31.0 Å². The van der Waals surface area contributed by atoms with Gasteiger partial charge in [0.25, 0.3) is 0 Å². The van der Waals surface area contributed by atoms with Crippen LogP contribution in [0, 0.1) is 11.8 Å². The van der Waals surface area contributed by atoms with Gasteiger partial charge >= 0.3 is 0 Å². The van der Waals surface area contributed by atoms with Crippen LogP contribution in [0.3, 0.4) is 0 Å². The van der Waals surface area contributed by atoms with Crippen molar-refractivity contribution in [1.82, 2.24) is 10.2 Å². The first-order valence-corrected chi connectivity index (χ1v) is 8.96. The SMILES string of the molecule is CN(CCNC(=O)CN1C(=O)C2CCCCC2C1=O)c1ccccc1. The van der Waals surface area contributed by atoms with E-state index in [1.165, 1.54) is 0 Å². The summed E-state index contributed by atoms with van der Waals surface area (Å²) in [6, 6.07) is 9.90. The van der Waals surface area contributed by atoms with Crippen LogP contribution in [0.1, 0.15) is 25.7 Å². The van der Waals surface area contributed by atoms with Crippen LogP contribution in [-0.4, -0.2) is 49.3 Å². The number of nitrogens with zero attached hydrogens (tertiary/aromatic N) is 2. The summed E-state index contributed by atoms with van der Waals surface area (Å²) in [4.78, 5) is 40.1. The van der Waals surface area contributed by atoms with Gasteiger partial charge in [0, 0.05) is 25.8 Å². The first-order chi connectivity index (χ1) is 12.1. The number of benzene rings is 1. The zero-order valence-corrected chi connectivity index (χ0v) is 14.6. The van der Waals surface area contributed by atoms with E-state index in [-0.39, 0.29) is 36.1 Å². The molecule has 0 radical (unpaired) electrons. The molecule has 1 N–H and O–H groups in total. The number of fused-ring (bicyclic) bond motifs is 1. The van der Waals surface area contributed by atoms with Crippen molar-refractivity contribution >= 4 is 23.4 Å². The number of para-hydroxylation sites is 1. The van der Waals surface area contributed by atoms with E-state index in [4.69, 9.17) is 0 Å². The molecule has 2 unspecified atom stereocenters. The molecule has 0 bridgehead atoms. The zero-order chi connectivity index (χ0) is 17.8. The van der Waals surface area contributed by atoms with Crippen LogP contribution < -0.4 is 10.2 Å². The fraction of sp³-hybridized carbons (Fsp3) is 0.526. The van der Waals surface area contributed by atoms with Crippen molar-refractivity contribution < 1.29 is 14.4 Å². The first-order valence-electron chi connectivity index (χ1n) is 8.96. The smallest absolute Gasteiger partial charge is 0.240 e. The fourth-order valence-electron chi connectivity index (χ4n) is 3.76. The van der Waals surface area contributed by atoms with Gasteiger partial charge in [-0.05, 0) is 25.0 Å². The van der Waals surface area contributed by atoms with Crippen molar-refractivity contribution in [2.75, 3.05) is 31.6 Å². The van der Waals surface area contributed by atoms with Crippen LogP contribution >= 0.6 is 0 Å². The van der Waals surface area contributed by atoms with Crippen LogP contribution in [0.4, 0.5) is 5.69 Å². The third kappa shape index (κ3) is 3.83. The second kappa shape index (κ2) is 7.68. The van der Waals surface area contributed by atoms with Gasteiger partial charge in [-0.15, -0.1) is 0 Å². The highest BCUT2D eigenvalue weighted by Crippen LogP contribution is 2.37. The third-order valence-electron chi connectivity index (χ3n) is 5.20. The summed E-state index contributed by atoms with van der Waals surface area (Å²) >= 11 is 0. The molecule has 1 aliphatic carbocycles. The number of anilines is 1. The average Bonchev–Trinajstić information content (AvgIpc) is 2.88. The second-order valence-electron chi connectivity index (χ2n) is 6.87. The normalized spacial score (nSPS) is 22.7. The van der Waals surface area contributed by atoms with Gasteiger partial charge in [-0.2, -0.15) is 0 Å². The monoisotopic (exact) mass is 343 g/mol. The standard InChI is InChI=1S/C19H25N3O3/c1-21(14-7-3-2-4-8-14)12-11-20-17(23)13-22-18(24)15-9-5-6-10-16(15)19(22)25/h2-4,7-8,15-16H,5-6,9-13H2,1H3,(H,20,23). The topological polar surface area (TPSA) is 69.7 Å². The minimum atomic E-state index is -0.276. The van der Waals surface area contributed by atoms with E-state index in [0.29, 0.717) is 13.1 Å². The number of rotatable bonds is 6. The molecule has 1 aromatic rings. The highest BCUT2D eigenvalue weighted by atomic mass is 16.2. The van der Waals surface area contributed by atoms with Crippen LogP contribution in [0.5, 0.6) is 0 Å². The van der Waals surface area contributed by atoms with Gasteiger partial charge < -0.3 is 10.2 Å². The Morgan fingerprint density at radius 1 is 1.12 bits per heavy atom. The van der Waals surface area contributed by atoms with E-state index < -0.39 is 0 Å². The maximum absolute atomic E-state index is 12.4. The van der Waals surface area contributed by atoms with Gasteiger partial charge in [-0.3, -0.25) is 19.3 Å². The van der Waals surface area contributed by atoms with E-state index in [1.54, 1.807) is 0 Å². The summed E-state index contributed by atoms with van der Waals surface area (Å²) in [5.41, 5.74) is 1.07. The van der Waals surface area contributed by atoms with E-state index in [1.807, 2.05) is 42.3 Å². The minimum Gasteiger partial charge on any atom is -0.373 e. The predicted molar refractivity (Wildman–Crippen MR) is 94.9 cm³/mol. The Morgan fingerprint density at radius 3 is 2.32 bits per heavy atom. The second-order valence-corrected chi connectivity index (χ2v) is 6.87. The molecule has 1 aromatic carbocycles. The molecule has 1 saturated heterocycles. The Morgan fingerprint density at radius 2 is 1.72 bits per heavy atom. The molecule has 2 aliphatic rings. The summed E-state index contributed by atoms with van der Waals surface area (Å²) in [5, 5.41) is 2.81. The van der Waals surface area contributed by atoms with Gasteiger partial charge in [-0.25, -0.2) is 0 Å². The molecule has 1 aliphatic heterocycles. The molecule has 1 heterocycles. The van der Waals surface area contributed by atoms with Crippen molar-refractivity contribution in [3.8, 4) is 0 Å². The van der Waals surface area contributed by atoms with Crippen LogP contribution in [0.25, 0.3) is 0 Å². The Balaban J connectivity index is 1.46. The van der Waals surface area contributed by atoms with Gasteiger partial charge in [0.15, 0.2) is 0 Å². The Kier molecular flexibility index (Phi) is 5.36. The molecule has 6 nitrogen and oxygen atoms in total. The number of hydrogen-bond acceptors (Lipinski definition) is 4. The lowest BCUT2D eigenvalue weighted by Crippen LogP contribution is -2.42. The lowest BCUT2D eigenvalue weighted by Gasteiger charge is -2.20. The molecule has 1 saturated carbocycles. The molecule has 0 spiro atoms. The Labute approximate surface area is 148 Å². The first kappa shape index (κ1) is 17.5. The quantitative estimate of drug-likeness (QED) is 0.793. The van der Waals surface area contributed by atoms with E-state index in [0.717, 1.165) is 36.3 Å². The molecule has 2 fully saturated rings. The lowest BCUT2D eigenvalue weighted by atomic mass is 9.81. The molecule has 6 heteroatoms. The molecular formula is C19H25N3O3. The van der Waals surface area contributed by atoms with E-state index >= 15 is 0 Å². The average molecular weight is 343 g/mol. The zero-order valence-electron chi connectivity index (χ0n) is 14.6. The summed E-state index contributed by atoms with van der Waals surface area (Å²) in [6.07, 6.45) is 3.53. The van der Waals surface area contributed by atoms with Crippen molar-refractivity contribution in [3.05, 3.63) is 30.3 Å². The van der Waals surface area contributed by atoms with Crippen molar-refractivity contribution in [1.29, 1.82) is 0 Å². The molecular weight excluding hydrogens is 318 g/mol.